The summed E-state index contributed by atoms with van der Waals surface area (Å²) < 4.78 is 2.25. The molecule has 0 N–H and O–H groups in total. The van der Waals surface area contributed by atoms with Crippen molar-refractivity contribution in [1.82, 2.24) is 14.5 Å². The monoisotopic (exact) mass is 1030 g/mol. The third-order valence-electron chi connectivity index (χ3n) is 14.7. The van der Waals surface area contributed by atoms with E-state index in [9.17, 15) is 5.26 Å². The molecule has 378 valence electrons. The first-order chi connectivity index (χ1) is 40.0. The molecule has 2 aromatic heterocycles. The quantitative estimate of drug-likeness (QED) is 0.114. The van der Waals surface area contributed by atoms with Crippen LogP contribution in [0.4, 0.5) is 45.5 Å². The molecule has 0 spiro atoms. The summed E-state index contributed by atoms with van der Waals surface area (Å²) in [6, 6.07) is 96.9. The van der Waals surface area contributed by atoms with Crippen LogP contribution in [-0.4, -0.2) is 14.5 Å². The number of aromatic nitrogens is 3. The highest BCUT2D eigenvalue weighted by molar-refractivity contribution is 6.12. The minimum Gasteiger partial charge on any atom is -0.311 e. The number of anilines is 6. The number of hydrogen-bond donors (Lipinski definition) is 0. The van der Waals surface area contributed by atoms with E-state index in [0.29, 0.717) is 22.8 Å². The predicted molar refractivity (Wildman–Crippen MR) is 330 cm³/mol. The summed E-state index contributed by atoms with van der Waals surface area (Å²) in [5.74, 6) is 0.677. The van der Waals surface area contributed by atoms with Crippen LogP contribution in [0.3, 0.4) is 0 Å². The van der Waals surface area contributed by atoms with Crippen LogP contribution in [0.5, 0.6) is 0 Å². The Labute approximate surface area is 469 Å². The molecule has 0 fully saturated rings. The molecule has 13 aromatic rings. The van der Waals surface area contributed by atoms with Gasteiger partial charge < -0.3 is 14.4 Å². The van der Waals surface area contributed by atoms with Gasteiger partial charge in [0.25, 0.3) is 0 Å². The van der Waals surface area contributed by atoms with Crippen molar-refractivity contribution in [3.63, 3.8) is 0 Å². The van der Waals surface area contributed by atoms with Crippen molar-refractivity contribution >= 4 is 67.3 Å². The number of nitrogens with zero attached hydrogens (tertiary/aromatic N) is 8. The second-order valence-corrected chi connectivity index (χ2v) is 19.5. The molecule has 0 saturated carbocycles. The Kier molecular flexibility index (Phi) is 12.9. The van der Waals surface area contributed by atoms with Crippen molar-refractivity contribution in [2.45, 2.75) is 0 Å². The third-order valence-corrected chi connectivity index (χ3v) is 14.7. The average Bonchev–Trinajstić information content (AvgIpc) is 4.14. The van der Waals surface area contributed by atoms with Gasteiger partial charge in [0.2, 0.25) is 0 Å². The van der Waals surface area contributed by atoms with E-state index in [1.807, 2.05) is 115 Å². The largest absolute Gasteiger partial charge is 0.311 e. The van der Waals surface area contributed by atoms with E-state index >= 15 is 0 Å². The van der Waals surface area contributed by atoms with Crippen molar-refractivity contribution in [3.05, 3.63) is 307 Å². The van der Waals surface area contributed by atoms with Crippen molar-refractivity contribution in [2.75, 3.05) is 9.80 Å². The third kappa shape index (κ3) is 9.57. The molecule has 0 saturated heterocycles. The normalized spacial score (nSPS) is 10.9. The van der Waals surface area contributed by atoms with Crippen LogP contribution >= 0.6 is 0 Å². The van der Waals surface area contributed by atoms with E-state index in [4.69, 9.17) is 23.1 Å². The first-order valence-corrected chi connectivity index (χ1v) is 26.5. The number of hydrogen-bond acceptors (Lipinski definition) is 5. The van der Waals surface area contributed by atoms with Crippen LogP contribution in [0.25, 0.3) is 93.3 Å². The molecular formula is C73H46N8. The van der Waals surface area contributed by atoms with Gasteiger partial charge >= 0.3 is 0 Å². The number of para-hydroxylation sites is 2. The molecule has 0 radical (unpaired) electrons. The van der Waals surface area contributed by atoms with Crippen LogP contribution in [0.2, 0.25) is 0 Å². The molecule has 81 heavy (non-hydrogen) atoms. The molecule has 8 heteroatoms. The van der Waals surface area contributed by atoms with Crippen molar-refractivity contribution < 1.29 is 0 Å². The minimum absolute atomic E-state index is 0.548. The summed E-state index contributed by atoms with van der Waals surface area (Å²) in [7, 11) is 0. The zero-order valence-corrected chi connectivity index (χ0v) is 43.6. The van der Waals surface area contributed by atoms with Gasteiger partial charge in [-0.1, -0.05) is 176 Å². The summed E-state index contributed by atoms with van der Waals surface area (Å²) in [5.41, 5.74) is 18.7. The van der Waals surface area contributed by atoms with Crippen molar-refractivity contribution in [1.29, 1.82) is 5.26 Å². The SMILES string of the molecule is [C-]#[N+]c1ccc(N(c2ccc([N+]#[C-])cc2)c2ccc3c(c2)c2cc(N(c4ccccc4)c4ccccc4)ccc2n3-c2ccc(-c3ccc(-c4ccc(-c5cc(-c6ccccc6)nc(-c6ccccc6)n5)cc4)cc3)c(C#N)c2)cc1. The molecule has 0 aliphatic carbocycles. The van der Waals surface area contributed by atoms with Gasteiger partial charge in [-0.3, -0.25) is 0 Å². The van der Waals surface area contributed by atoms with Crippen molar-refractivity contribution in [3.8, 4) is 67.9 Å². The van der Waals surface area contributed by atoms with Gasteiger partial charge in [-0.15, -0.1) is 0 Å². The molecule has 0 aliphatic heterocycles. The summed E-state index contributed by atoms with van der Waals surface area (Å²) >= 11 is 0. The Morgan fingerprint density at radius 2 is 0.753 bits per heavy atom. The van der Waals surface area contributed by atoms with Gasteiger partial charge in [0.1, 0.15) is 0 Å². The lowest BCUT2D eigenvalue weighted by Gasteiger charge is -2.26. The van der Waals surface area contributed by atoms with E-state index < -0.39 is 0 Å². The summed E-state index contributed by atoms with van der Waals surface area (Å²) in [6.45, 7) is 15.3. The van der Waals surface area contributed by atoms with Crippen LogP contribution in [-0.2, 0) is 0 Å². The number of rotatable bonds is 12. The fraction of sp³-hybridized carbons (Fsp3) is 0. The Hall–Kier alpha value is -11.6. The lowest BCUT2D eigenvalue weighted by Crippen LogP contribution is -2.09. The zero-order valence-electron chi connectivity index (χ0n) is 43.6. The molecule has 0 amide bonds. The zero-order chi connectivity index (χ0) is 54.7. The molecule has 13 rings (SSSR count). The second kappa shape index (κ2) is 21.4. The van der Waals surface area contributed by atoms with Crippen LogP contribution in [0, 0.1) is 24.5 Å². The molecule has 0 bridgehead atoms. The summed E-state index contributed by atoms with van der Waals surface area (Å²) in [6.07, 6.45) is 0. The minimum atomic E-state index is 0.548. The summed E-state index contributed by atoms with van der Waals surface area (Å²) in [5, 5.41) is 12.9. The number of fused-ring (bicyclic) bond motifs is 3. The second-order valence-electron chi connectivity index (χ2n) is 19.5. The molecule has 0 unspecified atom stereocenters. The fourth-order valence-electron chi connectivity index (χ4n) is 10.7. The van der Waals surface area contributed by atoms with Gasteiger partial charge in [0.05, 0.1) is 47.2 Å². The topological polar surface area (TPSA) is 69.7 Å². The highest BCUT2D eigenvalue weighted by Gasteiger charge is 2.22. The average molecular weight is 1040 g/mol. The lowest BCUT2D eigenvalue weighted by atomic mass is 9.96. The van der Waals surface area contributed by atoms with Gasteiger partial charge in [-0.2, -0.15) is 5.26 Å². The van der Waals surface area contributed by atoms with Gasteiger partial charge in [0, 0.05) is 67.3 Å². The van der Waals surface area contributed by atoms with E-state index in [-0.39, 0.29) is 0 Å². The fourth-order valence-corrected chi connectivity index (χ4v) is 10.7. The van der Waals surface area contributed by atoms with E-state index in [1.165, 1.54) is 0 Å². The van der Waals surface area contributed by atoms with Crippen LogP contribution < -0.4 is 9.80 Å². The molecule has 2 heterocycles. The molecule has 8 nitrogen and oxygen atoms in total. The Balaban J connectivity index is 0.880. The number of benzene rings is 11. The smallest absolute Gasteiger partial charge is 0.187 e. The molecular weight excluding hydrogens is 989 g/mol. The van der Waals surface area contributed by atoms with E-state index in [1.54, 1.807) is 0 Å². The Morgan fingerprint density at radius 3 is 1.21 bits per heavy atom. The summed E-state index contributed by atoms with van der Waals surface area (Å²) in [4.78, 5) is 21.7. The Bertz CT molecular complexity index is 4400. The van der Waals surface area contributed by atoms with Crippen LogP contribution in [0.15, 0.2) is 279 Å². The highest BCUT2D eigenvalue weighted by Crippen LogP contribution is 2.44. The van der Waals surface area contributed by atoms with E-state index in [0.717, 1.165) is 112 Å². The first kappa shape index (κ1) is 49.0. The molecule has 11 aromatic carbocycles. The molecule has 0 atom stereocenters. The maximum Gasteiger partial charge on any atom is 0.187 e. The predicted octanol–water partition coefficient (Wildman–Crippen LogP) is 19.8. The van der Waals surface area contributed by atoms with Crippen LogP contribution in [0.1, 0.15) is 5.56 Å². The maximum atomic E-state index is 10.9. The maximum absolute atomic E-state index is 10.9. The van der Waals surface area contributed by atoms with Gasteiger partial charge in [-0.05, 0) is 125 Å². The first-order valence-electron chi connectivity index (χ1n) is 26.5. The van der Waals surface area contributed by atoms with Gasteiger partial charge in [0.15, 0.2) is 17.2 Å². The lowest BCUT2D eigenvalue weighted by molar-refractivity contribution is 1.17. The van der Waals surface area contributed by atoms with Crippen molar-refractivity contribution in [2.24, 2.45) is 0 Å². The van der Waals surface area contributed by atoms with Gasteiger partial charge in [-0.25, -0.2) is 19.7 Å². The van der Waals surface area contributed by atoms with E-state index in [2.05, 4.69) is 194 Å². The Morgan fingerprint density at radius 1 is 0.358 bits per heavy atom. The molecule has 0 aliphatic rings. The standard InChI is InChI=1S/C73H46N8/c1-75-57-31-35-61(36-32-57)80(62-37-33-58(76-2)34-38-62)65-41-44-72-68(47-65)67-46-64(79(59-19-11-5-12-20-59)60-21-13-6-14-22-60)40-43-71(67)81(72)63-39-42-66(56(45-63)49-74)52-27-23-50(24-28-52)51-25-29-54(30-26-51)70-48-69(53-15-7-3-8-16-53)77-73(78-70)55-17-9-4-10-18-55/h3-48H. The highest BCUT2D eigenvalue weighted by atomic mass is 15.2. The number of nitriles is 1.